The molecular weight excluding hydrogens is 366 g/mol. The number of nitrogens with one attached hydrogen (secondary N) is 2. The Morgan fingerprint density at radius 1 is 1.10 bits per heavy atom. The first-order valence-corrected chi connectivity index (χ1v) is 10.1. The lowest BCUT2D eigenvalue weighted by Gasteiger charge is -2.22. The molecule has 2 N–H and O–H groups in total. The van der Waals surface area contributed by atoms with Crippen molar-refractivity contribution in [3.05, 3.63) is 65.1 Å². The van der Waals surface area contributed by atoms with E-state index in [0.29, 0.717) is 23.8 Å². The number of pyridine rings is 1. The predicted octanol–water partition coefficient (Wildman–Crippen LogP) is 3.61. The first-order chi connectivity index (χ1) is 14.3. The zero-order valence-corrected chi connectivity index (χ0v) is 16.1. The van der Waals surface area contributed by atoms with Gasteiger partial charge in [0.2, 0.25) is 0 Å². The van der Waals surface area contributed by atoms with Crippen LogP contribution in [0, 0.1) is 0 Å². The molecule has 1 fully saturated rings. The van der Waals surface area contributed by atoms with Gasteiger partial charge < -0.3 is 14.9 Å². The van der Waals surface area contributed by atoms with Crippen molar-refractivity contribution >= 4 is 22.4 Å². The fourth-order valence-corrected chi connectivity index (χ4v) is 4.19. The molecule has 148 valence electrons. The lowest BCUT2D eigenvalue weighted by Crippen LogP contribution is -2.14. The van der Waals surface area contributed by atoms with E-state index in [4.69, 9.17) is 5.10 Å². The third-order valence-corrected chi connectivity index (χ3v) is 5.57. The van der Waals surface area contributed by atoms with E-state index in [0.717, 1.165) is 29.6 Å². The molecule has 4 aromatic rings. The Balaban J connectivity index is 1.50. The average molecular weight is 389 g/mol. The van der Waals surface area contributed by atoms with Crippen LogP contribution in [0.4, 0.5) is 11.5 Å². The second-order valence-corrected chi connectivity index (χ2v) is 7.61. The van der Waals surface area contributed by atoms with Crippen molar-refractivity contribution in [2.45, 2.75) is 44.7 Å². The van der Waals surface area contributed by atoms with Crippen molar-refractivity contribution in [3.8, 4) is 0 Å². The van der Waals surface area contributed by atoms with Gasteiger partial charge in [-0.3, -0.25) is 9.48 Å². The molecule has 3 aromatic heterocycles. The van der Waals surface area contributed by atoms with Crippen LogP contribution in [0.25, 0.3) is 10.9 Å². The van der Waals surface area contributed by atoms with Gasteiger partial charge in [0.1, 0.15) is 18.0 Å². The van der Waals surface area contributed by atoms with Crippen molar-refractivity contribution in [2.24, 2.45) is 0 Å². The number of aromatic amines is 1. The fraction of sp³-hybridized carbons (Fsp3) is 0.333. The molecule has 8 heteroatoms. The van der Waals surface area contributed by atoms with E-state index in [9.17, 15) is 4.79 Å². The minimum Gasteiger partial charge on any atom is -0.338 e. The van der Waals surface area contributed by atoms with Gasteiger partial charge in [0, 0.05) is 11.9 Å². The Hall–Kier alpha value is -3.42. The molecule has 0 spiro atoms. The molecule has 1 saturated carbocycles. The van der Waals surface area contributed by atoms with Crippen molar-refractivity contribution in [1.29, 1.82) is 0 Å². The van der Waals surface area contributed by atoms with Crippen LogP contribution in [0.3, 0.4) is 0 Å². The van der Waals surface area contributed by atoms with E-state index in [2.05, 4.69) is 32.6 Å². The highest BCUT2D eigenvalue weighted by Gasteiger charge is 2.22. The molecule has 0 radical (unpaired) electrons. The summed E-state index contributed by atoms with van der Waals surface area (Å²) in [6.07, 6.45) is 11.0. The van der Waals surface area contributed by atoms with E-state index >= 15 is 0 Å². The number of hydrogen-bond acceptors (Lipinski definition) is 5. The topological polar surface area (TPSA) is 93.4 Å². The van der Waals surface area contributed by atoms with E-state index in [-0.39, 0.29) is 5.56 Å². The Kier molecular flexibility index (Phi) is 4.59. The molecule has 3 heterocycles. The number of anilines is 2. The minimum atomic E-state index is -0.118. The van der Waals surface area contributed by atoms with Crippen molar-refractivity contribution in [1.82, 2.24) is 29.5 Å². The van der Waals surface area contributed by atoms with Crippen LogP contribution < -0.4 is 10.9 Å². The quantitative estimate of drug-likeness (QED) is 0.544. The maximum Gasteiger partial charge on any atom is 0.261 e. The second-order valence-electron chi connectivity index (χ2n) is 7.61. The maximum absolute atomic E-state index is 12.6. The van der Waals surface area contributed by atoms with Gasteiger partial charge in [-0.05, 0) is 36.6 Å². The van der Waals surface area contributed by atoms with Gasteiger partial charge in [-0.25, -0.2) is 0 Å². The first kappa shape index (κ1) is 17.7. The fourth-order valence-electron chi connectivity index (χ4n) is 4.19. The first-order valence-electron chi connectivity index (χ1n) is 10.1. The molecule has 29 heavy (non-hydrogen) atoms. The van der Waals surface area contributed by atoms with Crippen LogP contribution >= 0.6 is 0 Å². The van der Waals surface area contributed by atoms with Gasteiger partial charge in [0.25, 0.3) is 5.56 Å². The largest absolute Gasteiger partial charge is 0.338 e. The molecule has 1 aliphatic rings. The highest BCUT2D eigenvalue weighted by atomic mass is 16.1. The predicted molar refractivity (Wildman–Crippen MR) is 111 cm³/mol. The molecular formula is C21H23N7O. The summed E-state index contributed by atoms with van der Waals surface area (Å²) >= 11 is 0. The van der Waals surface area contributed by atoms with Gasteiger partial charge >= 0.3 is 0 Å². The molecule has 0 amide bonds. The summed E-state index contributed by atoms with van der Waals surface area (Å²) in [5, 5.41) is 16.5. The van der Waals surface area contributed by atoms with E-state index in [1.807, 2.05) is 27.4 Å². The molecule has 0 unspecified atom stereocenters. The lowest BCUT2D eigenvalue weighted by atomic mass is 9.95. The van der Waals surface area contributed by atoms with E-state index < -0.39 is 0 Å². The molecule has 5 rings (SSSR count). The number of nitrogens with zero attached hydrogens (tertiary/aromatic N) is 5. The number of aromatic nitrogens is 6. The highest BCUT2D eigenvalue weighted by Crippen LogP contribution is 2.32. The van der Waals surface area contributed by atoms with Crippen molar-refractivity contribution in [3.63, 3.8) is 0 Å². The number of H-pyrrole nitrogens is 1. The van der Waals surface area contributed by atoms with E-state index in [1.54, 1.807) is 18.9 Å². The Bertz CT molecular complexity index is 1170. The molecule has 0 atom stereocenters. The molecule has 0 saturated heterocycles. The Morgan fingerprint density at radius 2 is 1.93 bits per heavy atom. The van der Waals surface area contributed by atoms with Gasteiger partial charge in [0.15, 0.2) is 5.82 Å². The monoisotopic (exact) mass is 389 g/mol. The van der Waals surface area contributed by atoms with Gasteiger partial charge in [-0.2, -0.15) is 5.10 Å². The smallest absolute Gasteiger partial charge is 0.261 e. The third kappa shape index (κ3) is 3.53. The maximum atomic E-state index is 12.6. The van der Waals surface area contributed by atoms with Crippen molar-refractivity contribution in [2.75, 3.05) is 5.32 Å². The number of hydrogen-bond donors (Lipinski definition) is 2. The summed E-state index contributed by atoms with van der Waals surface area (Å²) in [5.74, 6) is 0.605. The van der Waals surface area contributed by atoms with Crippen molar-refractivity contribution < 1.29 is 0 Å². The van der Waals surface area contributed by atoms with E-state index in [1.165, 1.54) is 19.3 Å². The Labute approximate surface area is 167 Å². The average Bonchev–Trinajstić information content (AvgIpc) is 3.38. The second kappa shape index (κ2) is 7.54. The van der Waals surface area contributed by atoms with Gasteiger partial charge in [-0.1, -0.05) is 31.4 Å². The molecule has 0 bridgehead atoms. The summed E-state index contributed by atoms with van der Waals surface area (Å²) in [6.45, 7) is 0.681. The lowest BCUT2D eigenvalue weighted by molar-refractivity contribution is 0.338. The molecule has 1 aliphatic carbocycles. The minimum absolute atomic E-state index is 0.118. The zero-order valence-electron chi connectivity index (χ0n) is 16.1. The van der Waals surface area contributed by atoms with Crippen LogP contribution in [0.15, 0.2) is 54.0 Å². The van der Waals surface area contributed by atoms with Crippen LogP contribution in [0.1, 0.15) is 43.7 Å². The SMILES string of the molecule is O=c1[nH]ccc2c1c(Nc1cccc(Cn3cnnc3)c1)nn2C1CCCCC1. The summed E-state index contributed by atoms with van der Waals surface area (Å²) in [6, 6.07) is 10.4. The molecule has 8 nitrogen and oxygen atoms in total. The summed E-state index contributed by atoms with van der Waals surface area (Å²) in [5.41, 5.74) is 2.78. The van der Waals surface area contributed by atoms with Crippen LogP contribution in [-0.4, -0.2) is 29.5 Å². The third-order valence-electron chi connectivity index (χ3n) is 5.57. The molecule has 1 aromatic carbocycles. The number of benzene rings is 1. The normalized spacial score (nSPS) is 15.0. The molecule has 0 aliphatic heterocycles. The zero-order chi connectivity index (χ0) is 19.6. The van der Waals surface area contributed by atoms with Gasteiger partial charge in [0.05, 0.1) is 18.1 Å². The van der Waals surface area contributed by atoms with Crippen LogP contribution in [-0.2, 0) is 6.54 Å². The summed E-state index contributed by atoms with van der Waals surface area (Å²) in [4.78, 5) is 15.4. The number of rotatable bonds is 5. The van der Waals surface area contributed by atoms with Crippen LogP contribution in [0.5, 0.6) is 0 Å². The standard InChI is InChI=1S/C21H23N7O/c29-21-19-18(9-10-22-21)28(17-7-2-1-3-8-17)26-20(19)25-16-6-4-5-15(11-16)12-27-13-23-24-14-27/h4-6,9-11,13-14,17H,1-3,7-8,12H2,(H,22,29)(H,25,26). The van der Waals surface area contributed by atoms with Gasteiger partial charge in [-0.15, -0.1) is 10.2 Å². The summed E-state index contributed by atoms with van der Waals surface area (Å²) < 4.78 is 3.96. The Morgan fingerprint density at radius 3 is 2.76 bits per heavy atom. The number of fused-ring (bicyclic) bond motifs is 1. The highest BCUT2D eigenvalue weighted by molar-refractivity contribution is 5.91. The summed E-state index contributed by atoms with van der Waals surface area (Å²) in [7, 11) is 0. The van der Waals surface area contributed by atoms with Crippen LogP contribution in [0.2, 0.25) is 0 Å².